The van der Waals surface area contributed by atoms with Crippen LogP contribution < -0.4 is 0 Å². The zero-order valence-electron chi connectivity index (χ0n) is 8.49. The van der Waals surface area contributed by atoms with E-state index in [-0.39, 0.29) is 18.1 Å². The zero-order valence-corrected chi connectivity index (χ0v) is 8.49. The van der Waals surface area contributed by atoms with Gasteiger partial charge in [-0.1, -0.05) is 20.8 Å². The summed E-state index contributed by atoms with van der Waals surface area (Å²) in [6, 6.07) is 0.308. The molecule has 3 atom stereocenters. The normalized spacial score (nSPS) is 38.9. The highest BCUT2D eigenvalue weighted by Gasteiger charge is 2.46. The van der Waals surface area contributed by atoms with E-state index in [0.717, 1.165) is 13.0 Å². The van der Waals surface area contributed by atoms with Crippen LogP contribution in [0.25, 0.3) is 0 Å². The maximum absolute atomic E-state index is 11.7. The number of rotatable bonds is 1. The largest absolute Gasteiger partial charge is 0.356 e. The fourth-order valence-electron chi connectivity index (χ4n) is 2.24. The van der Waals surface area contributed by atoms with Gasteiger partial charge in [-0.3, -0.25) is 4.79 Å². The van der Waals surface area contributed by atoms with Crippen LogP contribution in [0.1, 0.15) is 27.2 Å². The van der Waals surface area contributed by atoms with Crippen LogP contribution in [-0.4, -0.2) is 29.7 Å². The van der Waals surface area contributed by atoms with Gasteiger partial charge in [0.25, 0.3) is 0 Å². The number of fused-ring (bicyclic) bond motifs is 1. The molecule has 2 saturated heterocycles. The minimum atomic E-state index is 0.0786. The Morgan fingerprint density at radius 3 is 2.85 bits per heavy atom. The SMILES string of the molecule is CC(C)[C@@H]1CO[C@@H]2C[C@H](C)C(=O)N21. The summed E-state index contributed by atoms with van der Waals surface area (Å²) in [5.74, 6) is 0.937. The third kappa shape index (κ3) is 1.26. The minimum Gasteiger partial charge on any atom is -0.356 e. The van der Waals surface area contributed by atoms with Crippen molar-refractivity contribution in [2.24, 2.45) is 11.8 Å². The van der Waals surface area contributed by atoms with Crippen LogP contribution in [0.4, 0.5) is 0 Å². The summed E-state index contributed by atoms with van der Waals surface area (Å²) in [4.78, 5) is 13.7. The van der Waals surface area contributed by atoms with Gasteiger partial charge in [-0.25, -0.2) is 0 Å². The van der Waals surface area contributed by atoms with E-state index in [4.69, 9.17) is 4.74 Å². The second-order valence-electron chi connectivity index (χ2n) is 4.48. The van der Waals surface area contributed by atoms with Crippen molar-refractivity contribution < 1.29 is 9.53 Å². The summed E-state index contributed by atoms with van der Waals surface area (Å²) in [5, 5.41) is 0. The molecule has 0 bridgehead atoms. The Hall–Kier alpha value is -0.570. The van der Waals surface area contributed by atoms with E-state index >= 15 is 0 Å². The van der Waals surface area contributed by atoms with Crippen LogP contribution in [0.3, 0.4) is 0 Å². The summed E-state index contributed by atoms with van der Waals surface area (Å²) in [7, 11) is 0. The minimum absolute atomic E-state index is 0.0786. The van der Waals surface area contributed by atoms with Gasteiger partial charge in [0.1, 0.15) is 6.23 Å². The van der Waals surface area contributed by atoms with Crippen molar-refractivity contribution in [2.45, 2.75) is 39.5 Å². The molecule has 0 aromatic carbocycles. The van der Waals surface area contributed by atoms with Crippen molar-refractivity contribution in [2.75, 3.05) is 6.61 Å². The van der Waals surface area contributed by atoms with E-state index in [0.29, 0.717) is 12.0 Å². The predicted molar refractivity (Wildman–Crippen MR) is 49.0 cm³/mol. The van der Waals surface area contributed by atoms with Gasteiger partial charge in [-0.05, 0) is 5.92 Å². The Morgan fingerprint density at radius 1 is 1.54 bits per heavy atom. The monoisotopic (exact) mass is 183 g/mol. The zero-order chi connectivity index (χ0) is 9.59. The molecular formula is C10H17NO2. The van der Waals surface area contributed by atoms with E-state index in [1.165, 1.54) is 0 Å². The molecule has 0 aromatic rings. The molecule has 1 amide bonds. The molecule has 13 heavy (non-hydrogen) atoms. The van der Waals surface area contributed by atoms with Gasteiger partial charge in [0.05, 0.1) is 12.6 Å². The fraction of sp³-hybridized carbons (Fsp3) is 0.900. The summed E-state index contributed by atoms with van der Waals surface area (Å²) in [6.07, 6.45) is 0.956. The van der Waals surface area contributed by atoms with Gasteiger partial charge >= 0.3 is 0 Å². The van der Waals surface area contributed by atoms with Crippen LogP contribution in [0.2, 0.25) is 0 Å². The first-order valence-corrected chi connectivity index (χ1v) is 5.05. The molecule has 0 aliphatic carbocycles. The van der Waals surface area contributed by atoms with Crippen molar-refractivity contribution in [1.29, 1.82) is 0 Å². The van der Waals surface area contributed by atoms with Gasteiger partial charge in [0.2, 0.25) is 5.91 Å². The average Bonchev–Trinajstić information content (AvgIpc) is 2.55. The van der Waals surface area contributed by atoms with E-state index in [1.807, 2.05) is 11.8 Å². The summed E-state index contributed by atoms with van der Waals surface area (Å²) >= 11 is 0. The summed E-state index contributed by atoms with van der Waals surface area (Å²) in [5.41, 5.74) is 0. The molecular weight excluding hydrogens is 166 g/mol. The number of carbonyl (C=O) groups is 1. The van der Waals surface area contributed by atoms with Crippen LogP contribution in [0.5, 0.6) is 0 Å². The summed E-state index contributed by atoms with van der Waals surface area (Å²) < 4.78 is 5.60. The maximum atomic E-state index is 11.7. The lowest BCUT2D eigenvalue weighted by Crippen LogP contribution is -2.40. The van der Waals surface area contributed by atoms with E-state index in [1.54, 1.807) is 0 Å². The van der Waals surface area contributed by atoms with Gasteiger partial charge in [-0.2, -0.15) is 0 Å². The lowest BCUT2D eigenvalue weighted by Gasteiger charge is -2.24. The van der Waals surface area contributed by atoms with Crippen LogP contribution in [-0.2, 0) is 9.53 Å². The third-order valence-electron chi connectivity index (χ3n) is 3.13. The molecule has 0 unspecified atom stereocenters. The Balaban J connectivity index is 2.16. The molecule has 0 spiro atoms. The van der Waals surface area contributed by atoms with E-state index in [9.17, 15) is 4.79 Å². The second kappa shape index (κ2) is 2.98. The van der Waals surface area contributed by atoms with Crippen LogP contribution >= 0.6 is 0 Å². The molecule has 3 heteroatoms. The second-order valence-corrected chi connectivity index (χ2v) is 4.48. The predicted octanol–water partition coefficient (Wildman–Crippen LogP) is 1.24. The number of amides is 1. The molecule has 2 fully saturated rings. The molecule has 0 saturated carbocycles. The highest BCUT2D eigenvalue weighted by atomic mass is 16.5. The first-order chi connectivity index (χ1) is 6.11. The van der Waals surface area contributed by atoms with Crippen molar-refractivity contribution in [3.63, 3.8) is 0 Å². The lowest BCUT2D eigenvalue weighted by molar-refractivity contribution is -0.134. The highest BCUT2D eigenvalue weighted by Crippen LogP contribution is 2.34. The van der Waals surface area contributed by atoms with Crippen LogP contribution in [0, 0.1) is 11.8 Å². The highest BCUT2D eigenvalue weighted by molar-refractivity contribution is 5.81. The smallest absolute Gasteiger partial charge is 0.227 e. The van der Waals surface area contributed by atoms with E-state index in [2.05, 4.69) is 13.8 Å². The van der Waals surface area contributed by atoms with Gasteiger partial charge < -0.3 is 9.64 Å². The molecule has 2 rings (SSSR count). The Kier molecular flexibility index (Phi) is 2.06. The maximum Gasteiger partial charge on any atom is 0.227 e. The van der Waals surface area contributed by atoms with Crippen molar-refractivity contribution in [1.82, 2.24) is 4.90 Å². The number of hydrogen-bond donors (Lipinski definition) is 0. The molecule has 3 nitrogen and oxygen atoms in total. The van der Waals surface area contributed by atoms with E-state index < -0.39 is 0 Å². The molecule has 2 aliphatic heterocycles. The first kappa shape index (κ1) is 9.00. The summed E-state index contributed by atoms with van der Waals surface area (Å²) in [6.45, 7) is 7.00. The molecule has 0 radical (unpaired) electrons. The molecule has 2 heterocycles. The molecule has 0 N–H and O–H groups in total. The van der Waals surface area contributed by atoms with Crippen molar-refractivity contribution >= 4 is 5.91 Å². The average molecular weight is 183 g/mol. The number of carbonyl (C=O) groups excluding carboxylic acids is 1. The Bertz CT molecular complexity index is 227. The van der Waals surface area contributed by atoms with Gasteiger partial charge in [0.15, 0.2) is 0 Å². The Morgan fingerprint density at radius 2 is 2.23 bits per heavy atom. The fourth-order valence-corrected chi connectivity index (χ4v) is 2.24. The lowest BCUT2D eigenvalue weighted by atomic mass is 10.0. The topological polar surface area (TPSA) is 29.5 Å². The third-order valence-corrected chi connectivity index (χ3v) is 3.13. The standard InChI is InChI=1S/C10H17NO2/c1-6(2)8-5-13-9-4-7(3)10(12)11(8)9/h6-9H,4-5H2,1-3H3/t7-,8-,9+/m0/s1. The van der Waals surface area contributed by atoms with Crippen molar-refractivity contribution in [3.8, 4) is 0 Å². The Labute approximate surface area is 79.0 Å². The number of nitrogens with zero attached hydrogens (tertiary/aromatic N) is 1. The molecule has 74 valence electrons. The van der Waals surface area contributed by atoms with Gasteiger partial charge in [-0.15, -0.1) is 0 Å². The number of ether oxygens (including phenoxy) is 1. The quantitative estimate of drug-likeness (QED) is 0.612. The molecule has 2 aliphatic rings. The van der Waals surface area contributed by atoms with Crippen molar-refractivity contribution in [3.05, 3.63) is 0 Å². The van der Waals surface area contributed by atoms with Gasteiger partial charge in [0, 0.05) is 12.3 Å². The number of hydrogen-bond acceptors (Lipinski definition) is 2. The molecule has 0 aromatic heterocycles. The van der Waals surface area contributed by atoms with Crippen LogP contribution in [0.15, 0.2) is 0 Å². The first-order valence-electron chi connectivity index (χ1n) is 5.05.